The summed E-state index contributed by atoms with van der Waals surface area (Å²) in [7, 11) is -3.08. The summed E-state index contributed by atoms with van der Waals surface area (Å²) in [6.07, 6.45) is 0.957. The molecule has 0 amide bonds. The fourth-order valence-electron chi connectivity index (χ4n) is 0.230. The maximum atomic E-state index is 10.5. The normalized spacial score (nSPS) is 11.6. The number of nitrogens with zero attached hydrogens (tertiary/aromatic N) is 1. The first-order valence-electron chi connectivity index (χ1n) is 2.41. The van der Waals surface area contributed by atoms with E-state index in [1.807, 2.05) is 0 Å². The average molecular weight is 145 g/mol. The Morgan fingerprint density at radius 2 is 2.22 bits per heavy atom. The van der Waals surface area contributed by atoms with Gasteiger partial charge in [0.2, 0.25) is 0 Å². The third-order valence-electron chi connectivity index (χ3n) is 0.752. The van der Waals surface area contributed by atoms with Crippen molar-refractivity contribution in [3.05, 3.63) is 11.5 Å². The zero-order valence-electron chi connectivity index (χ0n) is 5.03. The smallest absolute Gasteiger partial charge is 0.172 e. The van der Waals surface area contributed by atoms with E-state index in [0.717, 1.165) is 11.5 Å². The molecule has 0 saturated carbocycles. The van der Waals surface area contributed by atoms with Gasteiger partial charge < -0.3 is 0 Å². The lowest BCUT2D eigenvalue weighted by atomic mass is 10.7. The monoisotopic (exact) mass is 145 g/mol. The van der Waals surface area contributed by atoms with Crippen LogP contribution in [0.15, 0.2) is 11.5 Å². The van der Waals surface area contributed by atoms with Crippen LogP contribution in [0.2, 0.25) is 0 Å². The molecule has 0 heterocycles. The topological polar surface area (TPSA) is 57.9 Å². The number of hydrogen-bond acceptors (Lipinski definition) is 3. The molecule has 0 atom stereocenters. The Morgan fingerprint density at radius 1 is 1.67 bits per heavy atom. The Kier molecular flexibility index (Phi) is 2.96. The van der Waals surface area contributed by atoms with Crippen LogP contribution < -0.4 is 0 Å². The van der Waals surface area contributed by atoms with Crippen molar-refractivity contribution in [3.63, 3.8) is 0 Å². The highest BCUT2D eigenvalue weighted by Crippen LogP contribution is 1.89. The molecular formula is C5H7NO2S. The van der Waals surface area contributed by atoms with E-state index < -0.39 is 9.84 Å². The molecule has 0 aromatic heterocycles. The lowest BCUT2D eigenvalue weighted by Crippen LogP contribution is -1.96. The summed E-state index contributed by atoms with van der Waals surface area (Å²) in [5, 5.41) is 8.83. The molecule has 50 valence electrons. The minimum absolute atomic E-state index is 0.0468. The third kappa shape index (κ3) is 3.74. The first kappa shape index (κ1) is 8.18. The van der Waals surface area contributed by atoms with Crippen LogP contribution in [-0.2, 0) is 9.84 Å². The fraction of sp³-hybridized carbons (Fsp3) is 0.400. The van der Waals surface area contributed by atoms with Gasteiger partial charge in [-0.25, -0.2) is 8.42 Å². The minimum Gasteiger partial charge on any atom is -0.224 e. The van der Waals surface area contributed by atoms with Crippen molar-refractivity contribution in [2.45, 2.75) is 6.92 Å². The first-order chi connectivity index (χ1) is 4.12. The highest BCUT2D eigenvalue weighted by molar-refractivity contribution is 7.94. The highest BCUT2D eigenvalue weighted by atomic mass is 32.2. The molecule has 0 unspecified atom stereocenters. The number of rotatable bonds is 2. The summed E-state index contributed by atoms with van der Waals surface area (Å²) in [6.45, 7) is 1.52. The predicted octanol–water partition coefficient (Wildman–Crippen LogP) is 0.458. The Labute approximate surface area is 54.5 Å². The van der Waals surface area contributed by atoms with E-state index in [-0.39, 0.29) is 5.75 Å². The van der Waals surface area contributed by atoms with Gasteiger partial charge >= 0.3 is 0 Å². The van der Waals surface area contributed by atoms with Gasteiger partial charge in [0.1, 0.15) is 0 Å². The van der Waals surface area contributed by atoms with Crippen LogP contribution in [0.1, 0.15) is 6.92 Å². The number of hydrogen-bond donors (Lipinski definition) is 0. The molecule has 0 aliphatic heterocycles. The van der Waals surface area contributed by atoms with E-state index in [2.05, 4.69) is 0 Å². The summed E-state index contributed by atoms with van der Waals surface area (Å²) in [5.41, 5.74) is 0. The standard InChI is InChI=1S/C5H7NO2S/c1-2-9(7,8)5-3-4-6/h3,5H,2H2,1H3. The molecular weight excluding hydrogens is 138 g/mol. The summed E-state index contributed by atoms with van der Waals surface area (Å²) in [4.78, 5) is 0. The van der Waals surface area contributed by atoms with Crippen molar-refractivity contribution in [1.82, 2.24) is 0 Å². The average Bonchev–Trinajstić information content (AvgIpc) is 1.84. The lowest BCUT2D eigenvalue weighted by Gasteiger charge is -1.85. The largest absolute Gasteiger partial charge is 0.224 e. The van der Waals surface area contributed by atoms with Crippen molar-refractivity contribution < 1.29 is 8.42 Å². The molecule has 0 fully saturated rings. The lowest BCUT2D eigenvalue weighted by molar-refractivity contribution is 0.606. The second kappa shape index (κ2) is 3.25. The highest BCUT2D eigenvalue weighted by Gasteiger charge is 1.97. The molecule has 0 aromatic rings. The van der Waals surface area contributed by atoms with E-state index >= 15 is 0 Å². The van der Waals surface area contributed by atoms with Crippen LogP contribution >= 0.6 is 0 Å². The van der Waals surface area contributed by atoms with E-state index in [4.69, 9.17) is 5.26 Å². The molecule has 0 spiro atoms. The zero-order chi connectivity index (χ0) is 7.33. The van der Waals surface area contributed by atoms with E-state index in [1.54, 1.807) is 6.07 Å². The summed E-state index contributed by atoms with van der Waals surface area (Å²) >= 11 is 0. The Hall–Kier alpha value is -0.820. The van der Waals surface area contributed by atoms with Gasteiger partial charge in [0.25, 0.3) is 0 Å². The van der Waals surface area contributed by atoms with Crippen LogP contribution in [0, 0.1) is 11.3 Å². The SMILES string of the molecule is CCS(=O)(=O)C=CC#N. The van der Waals surface area contributed by atoms with Gasteiger partial charge in [0, 0.05) is 11.5 Å². The van der Waals surface area contributed by atoms with Gasteiger partial charge in [-0.05, 0) is 0 Å². The molecule has 9 heavy (non-hydrogen) atoms. The molecule has 0 rings (SSSR count). The Balaban J connectivity index is 4.26. The first-order valence-corrected chi connectivity index (χ1v) is 4.13. The van der Waals surface area contributed by atoms with Crippen LogP contribution in [0.25, 0.3) is 0 Å². The fourth-order valence-corrected chi connectivity index (χ4v) is 0.691. The van der Waals surface area contributed by atoms with Crippen molar-refractivity contribution in [3.8, 4) is 6.07 Å². The predicted molar refractivity (Wildman–Crippen MR) is 34.2 cm³/mol. The molecule has 0 aliphatic rings. The van der Waals surface area contributed by atoms with Gasteiger partial charge in [0.05, 0.1) is 11.8 Å². The quantitative estimate of drug-likeness (QED) is 0.530. The van der Waals surface area contributed by atoms with Crippen LogP contribution in [0.4, 0.5) is 0 Å². The van der Waals surface area contributed by atoms with Crippen molar-refractivity contribution >= 4 is 9.84 Å². The number of nitriles is 1. The maximum absolute atomic E-state index is 10.5. The summed E-state index contributed by atoms with van der Waals surface area (Å²) in [6, 6.07) is 1.60. The minimum atomic E-state index is -3.08. The van der Waals surface area contributed by atoms with Gasteiger partial charge in [-0.1, -0.05) is 6.92 Å². The molecule has 0 radical (unpaired) electrons. The Morgan fingerprint density at radius 3 is 2.56 bits per heavy atom. The molecule has 0 bridgehead atoms. The Bertz CT molecular complexity index is 232. The second-order valence-corrected chi connectivity index (χ2v) is 3.56. The van der Waals surface area contributed by atoms with Gasteiger partial charge in [-0.2, -0.15) is 5.26 Å². The van der Waals surface area contributed by atoms with Crippen molar-refractivity contribution in [1.29, 1.82) is 5.26 Å². The van der Waals surface area contributed by atoms with Crippen LogP contribution in [0.3, 0.4) is 0 Å². The van der Waals surface area contributed by atoms with Gasteiger partial charge in [0.15, 0.2) is 9.84 Å². The molecule has 4 heteroatoms. The van der Waals surface area contributed by atoms with E-state index in [9.17, 15) is 8.42 Å². The van der Waals surface area contributed by atoms with E-state index in [1.165, 1.54) is 6.92 Å². The summed E-state index contributed by atoms with van der Waals surface area (Å²) < 4.78 is 21.0. The molecule has 0 saturated heterocycles. The van der Waals surface area contributed by atoms with Gasteiger partial charge in [-0.15, -0.1) is 0 Å². The maximum Gasteiger partial charge on any atom is 0.172 e. The van der Waals surface area contributed by atoms with Crippen LogP contribution in [0.5, 0.6) is 0 Å². The van der Waals surface area contributed by atoms with E-state index in [0.29, 0.717) is 0 Å². The van der Waals surface area contributed by atoms with Crippen LogP contribution in [-0.4, -0.2) is 14.2 Å². The van der Waals surface area contributed by atoms with Crippen molar-refractivity contribution in [2.75, 3.05) is 5.75 Å². The zero-order valence-corrected chi connectivity index (χ0v) is 5.85. The third-order valence-corrected chi connectivity index (χ3v) is 2.11. The van der Waals surface area contributed by atoms with Crippen molar-refractivity contribution in [2.24, 2.45) is 0 Å². The molecule has 3 nitrogen and oxygen atoms in total. The molecule has 0 N–H and O–H groups in total. The second-order valence-electron chi connectivity index (χ2n) is 1.38. The molecule has 0 aliphatic carbocycles. The molecule has 0 aromatic carbocycles. The van der Waals surface area contributed by atoms with Gasteiger partial charge in [-0.3, -0.25) is 0 Å². The summed E-state index contributed by atoms with van der Waals surface area (Å²) in [5.74, 6) is 0.0468. The number of sulfone groups is 1. The number of allylic oxidation sites excluding steroid dienone is 1.